The Balaban J connectivity index is 1.90. The highest BCUT2D eigenvalue weighted by Gasteiger charge is 2.24. The van der Waals surface area contributed by atoms with Crippen molar-refractivity contribution in [3.8, 4) is 11.1 Å². The summed E-state index contributed by atoms with van der Waals surface area (Å²) in [6.07, 6.45) is 1.05. The summed E-state index contributed by atoms with van der Waals surface area (Å²) in [4.78, 5) is 0. The summed E-state index contributed by atoms with van der Waals surface area (Å²) in [5, 5.41) is 0. The minimum absolute atomic E-state index is 0.414. The first-order valence-corrected chi connectivity index (χ1v) is 7.35. The van der Waals surface area contributed by atoms with Gasteiger partial charge in [0.2, 0.25) is 0 Å². The highest BCUT2D eigenvalue weighted by Crippen LogP contribution is 2.42. The minimum atomic E-state index is 0.414. The van der Waals surface area contributed by atoms with E-state index in [4.69, 9.17) is 7.85 Å². The lowest BCUT2D eigenvalue weighted by Crippen LogP contribution is -2.13. The molecular weight excluding hydrogens is 251 g/mol. The Morgan fingerprint density at radius 3 is 2.19 bits per heavy atom. The topological polar surface area (TPSA) is 0 Å². The van der Waals surface area contributed by atoms with Gasteiger partial charge in [-0.3, -0.25) is 0 Å². The second kappa shape index (κ2) is 4.93. The number of hydrogen-bond donors (Lipinski definition) is 0. The van der Waals surface area contributed by atoms with Gasteiger partial charge in [-0.1, -0.05) is 78.3 Å². The van der Waals surface area contributed by atoms with Crippen molar-refractivity contribution in [1.29, 1.82) is 0 Å². The Hall–Kier alpha value is -2.28. The average molecular weight is 266 g/mol. The normalized spacial score (nSPS) is 16.1. The predicted octanol–water partition coefficient (Wildman–Crippen LogP) is 3.84. The molecule has 3 aromatic rings. The van der Waals surface area contributed by atoms with E-state index in [1.165, 1.54) is 27.8 Å². The number of benzene rings is 3. The molecule has 0 spiro atoms. The fourth-order valence-electron chi connectivity index (χ4n) is 3.36. The Morgan fingerprint density at radius 1 is 0.714 bits per heavy atom. The van der Waals surface area contributed by atoms with Gasteiger partial charge in [-0.15, -0.1) is 0 Å². The van der Waals surface area contributed by atoms with Crippen molar-refractivity contribution in [3.63, 3.8) is 0 Å². The molecule has 1 aliphatic rings. The van der Waals surface area contributed by atoms with E-state index in [1.807, 2.05) is 12.1 Å². The maximum atomic E-state index is 5.83. The molecule has 98 valence electrons. The Bertz CT molecular complexity index is 787. The molecule has 0 fully saturated rings. The van der Waals surface area contributed by atoms with Gasteiger partial charge in [-0.25, -0.2) is 0 Å². The lowest BCUT2D eigenvalue weighted by Gasteiger charge is -2.28. The largest absolute Gasteiger partial charge is 0.113 e. The van der Waals surface area contributed by atoms with Gasteiger partial charge in [0.1, 0.15) is 7.85 Å². The van der Waals surface area contributed by atoms with Crippen LogP contribution in [-0.4, -0.2) is 7.85 Å². The van der Waals surface area contributed by atoms with Crippen molar-refractivity contribution in [1.82, 2.24) is 0 Å². The quantitative estimate of drug-likeness (QED) is 0.587. The zero-order chi connectivity index (χ0) is 14.2. The molecule has 0 saturated carbocycles. The first kappa shape index (κ1) is 12.5. The van der Waals surface area contributed by atoms with Gasteiger partial charge >= 0.3 is 0 Å². The summed E-state index contributed by atoms with van der Waals surface area (Å²) in [7, 11) is 5.83. The van der Waals surface area contributed by atoms with Gasteiger partial charge in [0.05, 0.1) is 0 Å². The SMILES string of the molecule is [B]c1ccc(C2Cc3ccccc3-c3ccccc32)cc1. The highest BCUT2D eigenvalue weighted by atomic mass is 14.3. The van der Waals surface area contributed by atoms with Gasteiger partial charge in [0.15, 0.2) is 0 Å². The zero-order valence-electron chi connectivity index (χ0n) is 11.8. The minimum Gasteiger partial charge on any atom is -0.0967 e. The van der Waals surface area contributed by atoms with E-state index in [2.05, 4.69) is 60.7 Å². The molecule has 3 aromatic carbocycles. The zero-order valence-corrected chi connectivity index (χ0v) is 11.8. The van der Waals surface area contributed by atoms with E-state index >= 15 is 0 Å². The molecule has 0 nitrogen and oxygen atoms in total. The standard InChI is InChI=1S/C20H15B/c21-16-11-9-14(10-12-16)20-13-15-5-1-2-6-17(15)18-7-3-4-8-19(18)20/h1-12,20H,13H2. The third-order valence-electron chi connectivity index (χ3n) is 4.41. The van der Waals surface area contributed by atoms with Crippen LogP contribution in [0.2, 0.25) is 0 Å². The van der Waals surface area contributed by atoms with Crippen LogP contribution in [0.15, 0.2) is 72.8 Å². The van der Waals surface area contributed by atoms with E-state index in [-0.39, 0.29) is 0 Å². The van der Waals surface area contributed by atoms with Crippen molar-refractivity contribution in [2.24, 2.45) is 0 Å². The molecule has 0 bridgehead atoms. The van der Waals surface area contributed by atoms with Crippen LogP contribution in [0.3, 0.4) is 0 Å². The number of hydrogen-bond acceptors (Lipinski definition) is 0. The molecule has 2 radical (unpaired) electrons. The third-order valence-corrected chi connectivity index (χ3v) is 4.41. The van der Waals surface area contributed by atoms with Crippen LogP contribution in [0.5, 0.6) is 0 Å². The first-order valence-electron chi connectivity index (χ1n) is 7.35. The van der Waals surface area contributed by atoms with Crippen LogP contribution in [0.1, 0.15) is 22.6 Å². The van der Waals surface area contributed by atoms with Crippen molar-refractivity contribution < 1.29 is 0 Å². The number of fused-ring (bicyclic) bond motifs is 3. The van der Waals surface area contributed by atoms with Crippen LogP contribution in [-0.2, 0) is 6.42 Å². The van der Waals surface area contributed by atoms with Gasteiger partial charge in [0, 0.05) is 5.92 Å². The Kier molecular flexibility index (Phi) is 2.92. The van der Waals surface area contributed by atoms with Crippen molar-refractivity contribution in [3.05, 3.63) is 89.5 Å². The molecule has 0 heterocycles. The van der Waals surface area contributed by atoms with Crippen molar-refractivity contribution in [2.75, 3.05) is 0 Å². The second-order valence-corrected chi connectivity index (χ2v) is 5.67. The molecule has 0 aromatic heterocycles. The highest BCUT2D eigenvalue weighted by molar-refractivity contribution is 6.32. The van der Waals surface area contributed by atoms with Crippen LogP contribution in [0, 0.1) is 0 Å². The van der Waals surface area contributed by atoms with Crippen molar-refractivity contribution in [2.45, 2.75) is 12.3 Å². The summed E-state index contributed by atoms with van der Waals surface area (Å²) < 4.78 is 0. The monoisotopic (exact) mass is 266 g/mol. The van der Waals surface area contributed by atoms with Gasteiger partial charge < -0.3 is 0 Å². The summed E-state index contributed by atoms with van der Waals surface area (Å²) >= 11 is 0. The summed E-state index contributed by atoms with van der Waals surface area (Å²) in [6, 6.07) is 25.8. The molecule has 0 N–H and O–H groups in total. The fraction of sp³-hybridized carbons (Fsp3) is 0.100. The van der Waals surface area contributed by atoms with Crippen LogP contribution < -0.4 is 5.46 Å². The second-order valence-electron chi connectivity index (χ2n) is 5.67. The van der Waals surface area contributed by atoms with E-state index in [1.54, 1.807) is 0 Å². The third kappa shape index (κ3) is 2.10. The van der Waals surface area contributed by atoms with E-state index in [9.17, 15) is 0 Å². The fourth-order valence-corrected chi connectivity index (χ4v) is 3.36. The lowest BCUT2D eigenvalue weighted by molar-refractivity contribution is 0.794. The van der Waals surface area contributed by atoms with E-state index < -0.39 is 0 Å². The van der Waals surface area contributed by atoms with Crippen molar-refractivity contribution >= 4 is 13.3 Å². The van der Waals surface area contributed by atoms with Crippen LogP contribution >= 0.6 is 0 Å². The molecule has 1 aliphatic carbocycles. The maximum absolute atomic E-state index is 5.83. The summed E-state index contributed by atoms with van der Waals surface area (Å²) in [5.41, 5.74) is 7.74. The summed E-state index contributed by atoms with van der Waals surface area (Å²) in [5.74, 6) is 0.414. The van der Waals surface area contributed by atoms with E-state index in [0.29, 0.717) is 5.92 Å². The summed E-state index contributed by atoms with van der Waals surface area (Å²) in [6.45, 7) is 0. The van der Waals surface area contributed by atoms with Gasteiger partial charge in [-0.05, 0) is 34.2 Å². The molecule has 1 unspecified atom stereocenters. The lowest BCUT2D eigenvalue weighted by atomic mass is 9.75. The molecule has 1 atom stereocenters. The molecule has 0 amide bonds. The van der Waals surface area contributed by atoms with Gasteiger partial charge in [-0.2, -0.15) is 0 Å². The smallest absolute Gasteiger partial charge is 0.0967 e. The first-order chi connectivity index (χ1) is 10.3. The molecular formula is C20H15B. The maximum Gasteiger partial charge on any atom is 0.113 e. The molecule has 21 heavy (non-hydrogen) atoms. The Morgan fingerprint density at radius 2 is 1.38 bits per heavy atom. The average Bonchev–Trinajstić information content (AvgIpc) is 2.55. The van der Waals surface area contributed by atoms with E-state index in [0.717, 1.165) is 11.9 Å². The van der Waals surface area contributed by atoms with Crippen LogP contribution in [0.4, 0.5) is 0 Å². The molecule has 4 rings (SSSR count). The number of rotatable bonds is 1. The predicted molar refractivity (Wildman–Crippen MR) is 89.3 cm³/mol. The Labute approximate surface area is 126 Å². The molecule has 0 aliphatic heterocycles. The van der Waals surface area contributed by atoms with Gasteiger partial charge in [0.25, 0.3) is 0 Å². The van der Waals surface area contributed by atoms with Crippen LogP contribution in [0.25, 0.3) is 11.1 Å². The molecule has 1 heteroatoms. The molecule has 0 saturated heterocycles.